The van der Waals surface area contributed by atoms with Crippen LogP contribution < -0.4 is 5.32 Å². The zero-order valence-corrected chi connectivity index (χ0v) is 13.8. The summed E-state index contributed by atoms with van der Waals surface area (Å²) in [6.07, 6.45) is -4.32. The van der Waals surface area contributed by atoms with Crippen LogP contribution in [0.2, 0.25) is 0 Å². The standard InChI is InChI=1S/C16H19F3N2O.ClH/c1-20-9-10-21(2)11-14-7-8-15(22-14)12-3-5-13(6-4-12)16(17,18)19;/h3-8,20H,9-11H2,1-2H3;1H. The molecule has 0 aliphatic rings. The second-order valence-electron chi connectivity index (χ2n) is 5.18. The van der Waals surface area contributed by atoms with Crippen molar-refractivity contribution in [1.29, 1.82) is 0 Å². The SMILES string of the molecule is CNCCN(C)Cc1ccc(-c2ccc(C(F)(F)F)cc2)o1.Cl. The maximum absolute atomic E-state index is 12.5. The molecule has 0 bridgehead atoms. The quantitative estimate of drug-likeness (QED) is 0.854. The van der Waals surface area contributed by atoms with Crippen molar-refractivity contribution in [3.8, 4) is 11.3 Å². The van der Waals surface area contributed by atoms with Crippen LogP contribution in [0.3, 0.4) is 0 Å². The van der Waals surface area contributed by atoms with Crippen LogP contribution in [0.5, 0.6) is 0 Å². The lowest BCUT2D eigenvalue weighted by Gasteiger charge is -2.14. The van der Waals surface area contributed by atoms with Gasteiger partial charge in [-0.05, 0) is 38.4 Å². The molecule has 0 aliphatic heterocycles. The van der Waals surface area contributed by atoms with E-state index < -0.39 is 11.7 Å². The Labute approximate surface area is 139 Å². The number of halogens is 4. The Balaban J connectivity index is 0.00000264. The summed E-state index contributed by atoms with van der Waals surface area (Å²) in [5, 5.41) is 3.07. The van der Waals surface area contributed by atoms with Gasteiger partial charge in [0.25, 0.3) is 0 Å². The van der Waals surface area contributed by atoms with Crippen molar-refractivity contribution in [2.75, 3.05) is 27.2 Å². The molecule has 0 aliphatic carbocycles. The molecule has 0 saturated heterocycles. The van der Waals surface area contributed by atoms with E-state index in [9.17, 15) is 13.2 Å². The molecule has 1 N–H and O–H groups in total. The summed E-state index contributed by atoms with van der Waals surface area (Å²) in [5.41, 5.74) is -0.0213. The number of alkyl halides is 3. The molecule has 0 radical (unpaired) electrons. The minimum absolute atomic E-state index is 0. The number of benzene rings is 1. The normalized spacial score (nSPS) is 11.6. The highest BCUT2D eigenvalue weighted by molar-refractivity contribution is 5.85. The van der Waals surface area contributed by atoms with Crippen molar-refractivity contribution in [2.45, 2.75) is 12.7 Å². The highest BCUT2D eigenvalue weighted by Crippen LogP contribution is 2.31. The number of hydrogen-bond donors (Lipinski definition) is 1. The van der Waals surface area contributed by atoms with Crippen LogP contribution in [0.4, 0.5) is 13.2 Å². The Kier molecular flexibility index (Phi) is 7.12. The molecule has 3 nitrogen and oxygen atoms in total. The molecular formula is C16H20ClF3N2O. The van der Waals surface area contributed by atoms with Gasteiger partial charge in [0.1, 0.15) is 11.5 Å². The van der Waals surface area contributed by atoms with Crippen LogP contribution in [0.15, 0.2) is 40.8 Å². The summed E-state index contributed by atoms with van der Waals surface area (Å²) in [6, 6.07) is 8.62. The zero-order chi connectivity index (χ0) is 16.2. The Hall–Kier alpha value is -1.50. The van der Waals surface area contributed by atoms with Crippen molar-refractivity contribution in [1.82, 2.24) is 10.2 Å². The van der Waals surface area contributed by atoms with Gasteiger partial charge in [0, 0.05) is 18.7 Å². The maximum atomic E-state index is 12.5. The molecular weight excluding hydrogens is 329 g/mol. The van der Waals surface area contributed by atoms with E-state index in [-0.39, 0.29) is 12.4 Å². The third-order valence-electron chi connectivity index (χ3n) is 3.33. The largest absolute Gasteiger partial charge is 0.460 e. The van der Waals surface area contributed by atoms with Crippen molar-refractivity contribution >= 4 is 12.4 Å². The van der Waals surface area contributed by atoms with Gasteiger partial charge in [-0.25, -0.2) is 0 Å². The van der Waals surface area contributed by atoms with Crippen molar-refractivity contribution in [3.63, 3.8) is 0 Å². The van der Waals surface area contributed by atoms with Gasteiger partial charge in [-0.3, -0.25) is 4.90 Å². The average Bonchev–Trinajstić information content (AvgIpc) is 2.93. The van der Waals surface area contributed by atoms with Gasteiger partial charge in [-0.1, -0.05) is 12.1 Å². The van der Waals surface area contributed by atoms with Gasteiger partial charge in [0.05, 0.1) is 12.1 Å². The fourth-order valence-electron chi connectivity index (χ4n) is 2.09. The van der Waals surface area contributed by atoms with Gasteiger partial charge < -0.3 is 9.73 Å². The molecule has 7 heteroatoms. The van der Waals surface area contributed by atoms with Crippen LogP contribution in [-0.2, 0) is 12.7 Å². The van der Waals surface area contributed by atoms with E-state index in [4.69, 9.17) is 4.42 Å². The first kappa shape index (κ1) is 19.5. The zero-order valence-electron chi connectivity index (χ0n) is 13.0. The number of likely N-dealkylation sites (N-methyl/N-ethyl adjacent to an activating group) is 2. The minimum Gasteiger partial charge on any atom is -0.460 e. The summed E-state index contributed by atoms with van der Waals surface area (Å²) < 4.78 is 43.3. The first-order valence-electron chi connectivity index (χ1n) is 6.99. The predicted molar refractivity (Wildman–Crippen MR) is 86.7 cm³/mol. The Morgan fingerprint density at radius 3 is 2.30 bits per heavy atom. The van der Waals surface area contributed by atoms with E-state index in [0.717, 1.165) is 31.0 Å². The Morgan fingerprint density at radius 1 is 1.09 bits per heavy atom. The summed E-state index contributed by atoms with van der Waals surface area (Å²) in [6.45, 7) is 2.41. The molecule has 0 spiro atoms. The smallest absolute Gasteiger partial charge is 0.416 e. The lowest BCUT2D eigenvalue weighted by atomic mass is 10.1. The fourth-order valence-corrected chi connectivity index (χ4v) is 2.09. The molecule has 0 saturated carbocycles. The topological polar surface area (TPSA) is 28.4 Å². The molecule has 0 unspecified atom stereocenters. The van der Waals surface area contributed by atoms with Crippen LogP contribution in [0.25, 0.3) is 11.3 Å². The summed E-state index contributed by atoms with van der Waals surface area (Å²) in [4.78, 5) is 2.10. The molecule has 128 valence electrons. The van der Waals surface area contributed by atoms with Crippen LogP contribution >= 0.6 is 12.4 Å². The number of rotatable bonds is 6. The number of nitrogens with one attached hydrogen (secondary N) is 1. The second kappa shape index (κ2) is 8.38. The molecule has 1 heterocycles. The Bertz CT molecular complexity index is 596. The van der Waals surface area contributed by atoms with Gasteiger partial charge in [0.2, 0.25) is 0 Å². The Morgan fingerprint density at radius 2 is 1.74 bits per heavy atom. The highest BCUT2D eigenvalue weighted by Gasteiger charge is 2.30. The van der Waals surface area contributed by atoms with E-state index >= 15 is 0 Å². The summed E-state index contributed by atoms with van der Waals surface area (Å²) in [5.74, 6) is 1.36. The molecule has 1 aromatic heterocycles. The second-order valence-corrected chi connectivity index (χ2v) is 5.18. The van der Waals surface area contributed by atoms with Crippen LogP contribution in [0.1, 0.15) is 11.3 Å². The number of hydrogen-bond acceptors (Lipinski definition) is 3. The van der Waals surface area contributed by atoms with Crippen molar-refractivity contribution in [2.24, 2.45) is 0 Å². The van der Waals surface area contributed by atoms with Gasteiger partial charge in [-0.15, -0.1) is 12.4 Å². The maximum Gasteiger partial charge on any atom is 0.416 e. The first-order valence-corrected chi connectivity index (χ1v) is 6.99. The lowest BCUT2D eigenvalue weighted by Crippen LogP contribution is -2.26. The van der Waals surface area contributed by atoms with Gasteiger partial charge in [0.15, 0.2) is 0 Å². The van der Waals surface area contributed by atoms with E-state index in [1.165, 1.54) is 12.1 Å². The number of nitrogens with zero attached hydrogens (tertiary/aromatic N) is 1. The predicted octanol–water partition coefficient (Wildman–Crippen LogP) is 4.04. The third kappa shape index (κ3) is 5.57. The van der Waals surface area contributed by atoms with Crippen LogP contribution in [-0.4, -0.2) is 32.1 Å². The van der Waals surface area contributed by atoms with Crippen LogP contribution in [0, 0.1) is 0 Å². The monoisotopic (exact) mass is 348 g/mol. The third-order valence-corrected chi connectivity index (χ3v) is 3.33. The molecule has 0 amide bonds. The van der Waals surface area contributed by atoms with Gasteiger partial charge in [-0.2, -0.15) is 13.2 Å². The first-order chi connectivity index (χ1) is 10.4. The van der Waals surface area contributed by atoms with Crippen molar-refractivity contribution < 1.29 is 17.6 Å². The lowest BCUT2D eigenvalue weighted by molar-refractivity contribution is -0.137. The molecule has 2 rings (SSSR count). The molecule has 0 fully saturated rings. The van der Waals surface area contributed by atoms with E-state index in [1.54, 1.807) is 6.07 Å². The summed E-state index contributed by atoms with van der Waals surface area (Å²) >= 11 is 0. The number of furan rings is 1. The minimum atomic E-state index is -4.32. The van der Waals surface area contributed by atoms with E-state index in [1.807, 2.05) is 20.2 Å². The molecule has 1 aromatic carbocycles. The average molecular weight is 349 g/mol. The fraction of sp³-hybridized carbons (Fsp3) is 0.375. The van der Waals surface area contributed by atoms with E-state index in [2.05, 4.69) is 10.2 Å². The van der Waals surface area contributed by atoms with Crippen molar-refractivity contribution in [3.05, 3.63) is 47.7 Å². The summed E-state index contributed by atoms with van der Waals surface area (Å²) in [7, 11) is 3.88. The molecule has 2 aromatic rings. The highest BCUT2D eigenvalue weighted by atomic mass is 35.5. The van der Waals surface area contributed by atoms with E-state index in [0.29, 0.717) is 17.9 Å². The molecule has 23 heavy (non-hydrogen) atoms. The van der Waals surface area contributed by atoms with Gasteiger partial charge >= 0.3 is 6.18 Å². The molecule has 0 atom stereocenters.